The summed E-state index contributed by atoms with van der Waals surface area (Å²) in [5, 5.41) is 12.5. The zero-order valence-electron chi connectivity index (χ0n) is 15.4. The summed E-state index contributed by atoms with van der Waals surface area (Å²) in [7, 11) is 1.40. The van der Waals surface area contributed by atoms with Crippen molar-refractivity contribution in [3.05, 3.63) is 42.0 Å². The fourth-order valence-corrected chi connectivity index (χ4v) is 4.58. The van der Waals surface area contributed by atoms with E-state index in [1.54, 1.807) is 7.11 Å². The molecule has 26 heavy (non-hydrogen) atoms. The fourth-order valence-electron chi connectivity index (χ4n) is 3.41. The molecule has 1 fully saturated rings. The number of hydrogen-bond acceptors (Lipinski definition) is 5. The van der Waals surface area contributed by atoms with Gasteiger partial charge in [0.2, 0.25) is 10.0 Å². The van der Waals surface area contributed by atoms with Gasteiger partial charge in [0.15, 0.2) is 0 Å². The van der Waals surface area contributed by atoms with Crippen molar-refractivity contribution in [3.8, 4) is 5.75 Å². The van der Waals surface area contributed by atoms with E-state index in [0.29, 0.717) is 19.6 Å². The second-order valence-corrected chi connectivity index (χ2v) is 9.36. The van der Waals surface area contributed by atoms with Crippen LogP contribution in [0, 0.1) is 5.92 Å². The van der Waals surface area contributed by atoms with Gasteiger partial charge in [0.1, 0.15) is 5.75 Å². The first-order valence-electron chi connectivity index (χ1n) is 8.66. The van der Waals surface area contributed by atoms with Crippen molar-refractivity contribution in [2.24, 2.45) is 5.92 Å². The quantitative estimate of drug-likeness (QED) is 0.826. The highest BCUT2D eigenvalue weighted by molar-refractivity contribution is 7.89. The molecule has 142 valence electrons. The largest absolute Gasteiger partial charge is 0.497 e. The van der Waals surface area contributed by atoms with Crippen LogP contribution in [0.5, 0.6) is 5.75 Å². The number of benzene rings is 2. The standard InChI is InChI=1S/C19H26N2O4S/c1-20(2)26(23,24)13-17-11-21(12-19(17)22)10-14-4-5-16-9-18(25-3)7-6-15(16)8-14/h4-9,17,19,22H,10-13H2,1-3H3/t17-,19+/m0/s1. The van der Waals surface area contributed by atoms with Gasteiger partial charge in [-0.3, -0.25) is 4.90 Å². The third kappa shape index (κ3) is 4.17. The molecule has 7 heteroatoms. The number of hydrogen-bond donors (Lipinski definition) is 1. The summed E-state index contributed by atoms with van der Waals surface area (Å²) in [6, 6.07) is 12.2. The molecule has 1 aliphatic rings. The molecular weight excluding hydrogens is 352 g/mol. The van der Waals surface area contributed by atoms with E-state index >= 15 is 0 Å². The average molecular weight is 378 g/mol. The molecule has 1 heterocycles. The van der Waals surface area contributed by atoms with Crippen LogP contribution >= 0.6 is 0 Å². The van der Waals surface area contributed by atoms with Crippen LogP contribution in [-0.4, -0.2) is 68.9 Å². The van der Waals surface area contributed by atoms with Crippen LogP contribution in [0.25, 0.3) is 10.8 Å². The first-order chi connectivity index (χ1) is 12.3. The Kier molecular flexibility index (Phi) is 5.53. The lowest BCUT2D eigenvalue weighted by atomic mass is 10.1. The van der Waals surface area contributed by atoms with Crippen molar-refractivity contribution in [1.29, 1.82) is 0 Å². The molecule has 1 aliphatic heterocycles. The highest BCUT2D eigenvalue weighted by Gasteiger charge is 2.35. The highest BCUT2D eigenvalue weighted by atomic mass is 32.2. The number of aliphatic hydroxyl groups excluding tert-OH is 1. The molecule has 0 radical (unpaired) electrons. The molecule has 0 aliphatic carbocycles. The van der Waals surface area contributed by atoms with Gasteiger partial charge >= 0.3 is 0 Å². The molecular formula is C19H26N2O4S. The Hall–Kier alpha value is -1.67. The first-order valence-corrected chi connectivity index (χ1v) is 10.3. The van der Waals surface area contributed by atoms with E-state index in [4.69, 9.17) is 4.74 Å². The molecule has 0 aromatic heterocycles. The van der Waals surface area contributed by atoms with Crippen LogP contribution in [0.3, 0.4) is 0 Å². The van der Waals surface area contributed by atoms with E-state index in [1.807, 2.05) is 18.2 Å². The molecule has 0 spiro atoms. The summed E-state index contributed by atoms with van der Waals surface area (Å²) in [6.07, 6.45) is -0.616. The van der Waals surface area contributed by atoms with Gasteiger partial charge in [-0.2, -0.15) is 0 Å². The van der Waals surface area contributed by atoms with Crippen LogP contribution in [0.15, 0.2) is 36.4 Å². The summed E-state index contributed by atoms with van der Waals surface area (Å²) in [5.74, 6) is 0.555. The second-order valence-electron chi connectivity index (χ2n) is 7.13. The van der Waals surface area contributed by atoms with E-state index < -0.39 is 16.1 Å². The number of fused-ring (bicyclic) bond motifs is 1. The summed E-state index contributed by atoms with van der Waals surface area (Å²) in [6.45, 7) is 1.76. The highest BCUT2D eigenvalue weighted by Crippen LogP contribution is 2.25. The molecule has 0 bridgehead atoms. The zero-order valence-corrected chi connectivity index (χ0v) is 16.2. The molecule has 0 saturated carbocycles. The van der Waals surface area contributed by atoms with Gasteiger partial charge in [-0.05, 0) is 34.5 Å². The predicted molar refractivity (Wildman–Crippen MR) is 103 cm³/mol. The fraction of sp³-hybridized carbons (Fsp3) is 0.474. The number of aliphatic hydroxyl groups is 1. The van der Waals surface area contributed by atoms with E-state index in [1.165, 1.54) is 18.4 Å². The third-order valence-corrected chi connectivity index (χ3v) is 6.94. The maximum absolute atomic E-state index is 12.1. The molecule has 2 atom stereocenters. The minimum absolute atomic E-state index is 0.0187. The normalized spacial score (nSPS) is 21.6. The Bertz CT molecular complexity index is 882. The van der Waals surface area contributed by atoms with Gasteiger partial charge < -0.3 is 9.84 Å². The lowest BCUT2D eigenvalue weighted by molar-refractivity contribution is 0.148. The molecule has 0 unspecified atom stereocenters. The van der Waals surface area contributed by atoms with Gasteiger partial charge in [0.05, 0.1) is 19.0 Å². The zero-order chi connectivity index (χ0) is 18.9. The monoisotopic (exact) mass is 378 g/mol. The summed E-state index contributed by atoms with van der Waals surface area (Å²) < 4.78 is 30.6. The van der Waals surface area contributed by atoms with Crippen LogP contribution < -0.4 is 4.74 Å². The van der Waals surface area contributed by atoms with Gasteiger partial charge in [0.25, 0.3) is 0 Å². The SMILES string of the molecule is COc1ccc2cc(CN3C[C@@H](CS(=O)(=O)N(C)C)[C@H](O)C3)ccc2c1. The lowest BCUT2D eigenvalue weighted by Crippen LogP contribution is -2.33. The Balaban J connectivity index is 1.69. The van der Waals surface area contributed by atoms with Crippen molar-refractivity contribution >= 4 is 20.8 Å². The molecule has 2 aromatic rings. The Morgan fingerprint density at radius 2 is 1.85 bits per heavy atom. The number of β-amino-alcohol motifs (C(OH)–C–C–N with tert-alkyl or cyclic N) is 1. The van der Waals surface area contributed by atoms with Crippen molar-refractivity contribution in [2.45, 2.75) is 12.6 Å². The van der Waals surface area contributed by atoms with E-state index in [2.05, 4.69) is 23.1 Å². The lowest BCUT2D eigenvalue weighted by Gasteiger charge is -2.18. The summed E-state index contributed by atoms with van der Waals surface area (Å²) in [4.78, 5) is 2.12. The summed E-state index contributed by atoms with van der Waals surface area (Å²) in [5.41, 5.74) is 1.14. The first kappa shape index (κ1) is 19.1. The van der Waals surface area contributed by atoms with Gasteiger partial charge in [0, 0.05) is 39.6 Å². The molecule has 0 amide bonds. The number of methoxy groups -OCH3 is 1. The van der Waals surface area contributed by atoms with Crippen LogP contribution in [-0.2, 0) is 16.6 Å². The van der Waals surface area contributed by atoms with Crippen molar-refractivity contribution < 1.29 is 18.3 Å². The minimum Gasteiger partial charge on any atom is -0.497 e. The van der Waals surface area contributed by atoms with Crippen LogP contribution in [0.1, 0.15) is 5.56 Å². The molecule has 1 N–H and O–H groups in total. The number of sulfonamides is 1. The molecule has 2 aromatic carbocycles. The van der Waals surface area contributed by atoms with Gasteiger partial charge in [-0.1, -0.05) is 18.2 Å². The van der Waals surface area contributed by atoms with Gasteiger partial charge in [-0.15, -0.1) is 0 Å². The Morgan fingerprint density at radius 1 is 1.15 bits per heavy atom. The smallest absolute Gasteiger partial charge is 0.214 e. The second kappa shape index (κ2) is 7.52. The number of nitrogens with zero attached hydrogens (tertiary/aromatic N) is 2. The minimum atomic E-state index is -3.31. The van der Waals surface area contributed by atoms with Crippen molar-refractivity contribution in [3.63, 3.8) is 0 Å². The predicted octanol–water partition coefficient (Wildman–Crippen LogP) is 1.53. The number of likely N-dealkylation sites (tertiary alicyclic amines) is 1. The topological polar surface area (TPSA) is 70.1 Å². The Labute approximate surface area is 155 Å². The maximum Gasteiger partial charge on any atom is 0.214 e. The van der Waals surface area contributed by atoms with Crippen LogP contribution in [0.2, 0.25) is 0 Å². The average Bonchev–Trinajstić information content (AvgIpc) is 2.92. The number of rotatable bonds is 6. The number of ether oxygens (including phenoxy) is 1. The molecule has 3 rings (SSSR count). The Morgan fingerprint density at radius 3 is 2.54 bits per heavy atom. The van der Waals surface area contributed by atoms with E-state index in [0.717, 1.165) is 22.1 Å². The van der Waals surface area contributed by atoms with Gasteiger partial charge in [-0.25, -0.2) is 12.7 Å². The summed E-state index contributed by atoms with van der Waals surface area (Å²) >= 11 is 0. The molecule has 6 nitrogen and oxygen atoms in total. The maximum atomic E-state index is 12.1. The van der Waals surface area contributed by atoms with E-state index in [-0.39, 0.29) is 11.7 Å². The van der Waals surface area contributed by atoms with Crippen molar-refractivity contribution in [2.75, 3.05) is 40.0 Å². The van der Waals surface area contributed by atoms with E-state index in [9.17, 15) is 13.5 Å². The van der Waals surface area contributed by atoms with Crippen molar-refractivity contribution in [1.82, 2.24) is 9.21 Å². The van der Waals surface area contributed by atoms with Crippen LogP contribution in [0.4, 0.5) is 0 Å². The third-order valence-electron chi connectivity index (χ3n) is 4.98. The molecule has 1 saturated heterocycles.